The Morgan fingerprint density at radius 1 is 1.30 bits per heavy atom. The van der Waals surface area contributed by atoms with E-state index in [1.165, 1.54) is 18.2 Å². The lowest BCUT2D eigenvalue weighted by Crippen LogP contribution is -2.37. The molecule has 0 aliphatic carbocycles. The van der Waals surface area contributed by atoms with Crippen LogP contribution in [0.2, 0.25) is 0 Å². The first kappa shape index (κ1) is 17.5. The van der Waals surface area contributed by atoms with Gasteiger partial charge in [0.05, 0.1) is 6.61 Å². The monoisotopic (exact) mass is 330 g/mol. The van der Waals surface area contributed by atoms with Gasteiger partial charge in [-0.1, -0.05) is 32.3 Å². The second-order valence-electron chi connectivity index (χ2n) is 5.33. The Morgan fingerprint density at radius 2 is 2.04 bits per heavy atom. The maximum atomic E-state index is 14.0. The van der Waals surface area contributed by atoms with Crippen molar-refractivity contribution in [2.75, 3.05) is 13.4 Å². The summed E-state index contributed by atoms with van der Waals surface area (Å²) in [5.41, 5.74) is -0.137. The summed E-state index contributed by atoms with van der Waals surface area (Å²) in [6.07, 6.45) is 0.969. The van der Waals surface area contributed by atoms with Gasteiger partial charge in [0, 0.05) is 0 Å². The van der Waals surface area contributed by atoms with E-state index >= 15 is 0 Å². The number of rotatable bonds is 8. The van der Waals surface area contributed by atoms with E-state index in [0.29, 0.717) is 12.2 Å². The van der Waals surface area contributed by atoms with Gasteiger partial charge >= 0.3 is 11.9 Å². The number of ether oxygens (including phenoxy) is 3. The van der Waals surface area contributed by atoms with Gasteiger partial charge in [-0.05, 0) is 24.1 Å². The summed E-state index contributed by atoms with van der Waals surface area (Å²) < 4.78 is 42.8. The minimum absolute atomic E-state index is 0.00885. The van der Waals surface area contributed by atoms with E-state index in [9.17, 15) is 18.7 Å². The molecule has 0 aromatic heterocycles. The Morgan fingerprint density at radius 3 is 2.78 bits per heavy atom. The van der Waals surface area contributed by atoms with Gasteiger partial charge in [-0.2, -0.15) is 8.78 Å². The maximum absolute atomic E-state index is 14.0. The smallest absolute Gasteiger partial charge is 0.380 e. The van der Waals surface area contributed by atoms with Crippen molar-refractivity contribution in [1.82, 2.24) is 0 Å². The second kappa shape index (κ2) is 7.59. The van der Waals surface area contributed by atoms with E-state index in [4.69, 9.17) is 9.47 Å². The molecule has 5 nitrogen and oxygen atoms in total. The molecule has 0 bridgehead atoms. The lowest BCUT2D eigenvalue weighted by Gasteiger charge is -2.21. The van der Waals surface area contributed by atoms with Crippen LogP contribution >= 0.6 is 0 Å². The SMILES string of the molecule is CCCCCCOC(=O)C(F)(F)C(O)c1ccc2c(c1)OCO2. The average Bonchev–Trinajstić information content (AvgIpc) is 3.01. The predicted molar refractivity (Wildman–Crippen MR) is 77.6 cm³/mol. The second-order valence-corrected chi connectivity index (χ2v) is 5.33. The van der Waals surface area contributed by atoms with Crippen LogP contribution in [0.25, 0.3) is 0 Å². The van der Waals surface area contributed by atoms with Gasteiger partial charge in [0.25, 0.3) is 0 Å². The normalized spacial score (nSPS) is 14.6. The van der Waals surface area contributed by atoms with Gasteiger partial charge < -0.3 is 19.3 Å². The van der Waals surface area contributed by atoms with E-state index in [1.54, 1.807) is 0 Å². The number of aliphatic hydroxyl groups excluding tert-OH is 1. The highest BCUT2D eigenvalue weighted by Crippen LogP contribution is 2.38. The van der Waals surface area contributed by atoms with Crippen molar-refractivity contribution < 1.29 is 32.9 Å². The third-order valence-electron chi connectivity index (χ3n) is 3.56. The van der Waals surface area contributed by atoms with Gasteiger partial charge in [-0.15, -0.1) is 0 Å². The largest absolute Gasteiger partial charge is 0.461 e. The molecule has 0 fully saturated rings. The van der Waals surface area contributed by atoms with Crippen LogP contribution in [0.3, 0.4) is 0 Å². The third kappa shape index (κ3) is 4.10. The Hall–Kier alpha value is -1.89. The molecule has 0 radical (unpaired) electrons. The molecule has 1 aromatic rings. The molecule has 0 amide bonds. The van der Waals surface area contributed by atoms with E-state index in [-0.39, 0.29) is 24.7 Å². The molecule has 0 saturated carbocycles. The van der Waals surface area contributed by atoms with Gasteiger partial charge in [0.15, 0.2) is 17.6 Å². The minimum Gasteiger partial charge on any atom is -0.461 e. The molecule has 0 saturated heterocycles. The molecule has 1 N–H and O–H groups in total. The molecule has 1 aliphatic heterocycles. The third-order valence-corrected chi connectivity index (χ3v) is 3.56. The van der Waals surface area contributed by atoms with Crippen LogP contribution in [0.15, 0.2) is 18.2 Å². The Balaban J connectivity index is 1.96. The molecule has 128 valence electrons. The molecular formula is C16H20F2O5. The number of esters is 1. The van der Waals surface area contributed by atoms with Crippen LogP contribution in [-0.4, -0.2) is 30.4 Å². The summed E-state index contributed by atoms with van der Waals surface area (Å²) in [7, 11) is 0. The zero-order valence-corrected chi connectivity index (χ0v) is 12.9. The first-order chi connectivity index (χ1) is 11.0. The quantitative estimate of drug-likeness (QED) is 0.586. The highest BCUT2D eigenvalue weighted by atomic mass is 19.3. The highest BCUT2D eigenvalue weighted by Gasteiger charge is 2.49. The molecule has 0 spiro atoms. The number of fused-ring (bicyclic) bond motifs is 1. The number of hydrogen-bond donors (Lipinski definition) is 1. The lowest BCUT2D eigenvalue weighted by atomic mass is 10.0. The average molecular weight is 330 g/mol. The van der Waals surface area contributed by atoms with Crippen molar-refractivity contribution in [3.63, 3.8) is 0 Å². The summed E-state index contributed by atoms with van der Waals surface area (Å²) in [6, 6.07) is 3.91. The van der Waals surface area contributed by atoms with Crippen molar-refractivity contribution in [3.05, 3.63) is 23.8 Å². The predicted octanol–water partition coefficient (Wildman–Crippen LogP) is 3.21. The Kier molecular flexibility index (Phi) is 5.76. The van der Waals surface area contributed by atoms with Crippen molar-refractivity contribution in [2.24, 2.45) is 0 Å². The first-order valence-corrected chi connectivity index (χ1v) is 7.59. The molecular weight excluding hydrogens is 310 g/mol. The standard InChI is InChI=1S/C16H20F2O5/c1-2-3-4-5-8-21-15(20)16(17,18)14(19)11-6-7-12-13(9-11)23-10-22-12/h6-7,9,14,19H,2-5,8,10H2,1H3. The van der Waals surface area contributed by atoms with Crippen molar-refractivity contribution in [3.8, 4) is 11.5 Å². The maximum Gasteiger partial charge on any atom is 0.380 e. The zero-order valence-electron chi connectivity index (χ0n) is 12.9. The van der Waals surface area contributed by atoms with Crippen LogP contribution < -0.4 is 9.47 Å². The van der Waals surface area contributed by atoms with Crippen molar-refractivity contribution in [2.45, 2.75) is 44.6 Å². The molecule has 1 unspecified atom stereocenters. The number of carbonyl (C=O) groups is 1. The molecule has 23 heavy (non-hydrogen) atoms. The number of halogens is 2. The molecule has 1 aromatic carbocycles. The fourth-order valence-corrected chi connectivity index (χ4v) is 2.19. The summed E-state index contributed by atoms with van der Waals surface area (Å²) >= 11 is 0. The number of hydrogen-bond acceptors (Lipinski definition) is 5. The van der Waals surface area contributed by atoms with Crippen LogP contribution in [0.4, 0.5) is 8.78 Å². The van der Waals surface area contributed by atoms with E-state index < -0.39 is 18.0 Å². The van der Waals surface area contributed by atoms with Crippen molar-refractivity contribution >= 4 is 5.97 Å². The van der Waals surface area contributed by atoms with Crippen LogP contribution in [0.5, 0.6) is 11.5 Å². The Bertz CT molecular complexity index is 547. The first-order valence-electron chi connectivity index (χ1n) is 7.59. The molecule has 1 atom stereocenters. The lowest BCUT2D eigenvalue weighted by molar-refractivity contribution is -0.189. The number of benzene rings is 1. The van der Waals surface area contributed by atoms with Crippen LogP contribution in [-0.2, 0) is 9.53 Å². The van der Waals surface area contributed by atoms with Crippen molar-refractivity contribution in [1.29, 1.82) is 0 Å². The van der Waals surface area contributed by atoms with E-state index in [2.05, 4.69) is 4.74 Å². The number of alkyl halides is 2. The summed E-state index contributed by atoms with van der Waals surface area (Å²) in [5, 5.41) is 9.84. The minimum atomic E-state index is -4.03. The van der Waals surface area contributed by atoms with E-state index in [0.717, 1.165) is 19.3 Å². The number of unbranched alkanes of at least 4 members (excludes halogenated alkanes) is 3. The molecule has 7 heteroatoms. The molecule has 1 aliphatic rings. The highest BCUT2D eigenvalue weighted by molar-refractivity contribution is 5.78. The van der Waals surface area contributed by atoms with Crippen LogP contribution in [0.1, 0.15) is 44.3 Å². The Labute approximate surface area is 133 Å². The molecule has 2 rings (SSSR count). The molecule has 1 heterocycles. The van der Waals surface area contributed by atoms with Gasteiger partial charge in [-0.25, -0.2) is 4.79 Å². The number of aliphatic hydroxyl groups is 1. The summed E-state index contributed by atoms with van der Waals surface area (Å²) in [5.74, 6) is -5.09. The van der Waals surface area contributed by atoms with Gasteiger partial charge in [0.1, 0.15) is 0 Å². The van der Waals surface area contributed by atoms with Gasteiger partial charge in [0.2, 0.25) is 6.79 Å². The van der Waals surface area contributed by atoms with E-state index in [1.807, 2.05) is 6.92 Å². The summed E-state index contributed by atoms with van der Waals surface area (Å²) in [6.45, 7) is 1.93. The number of carbonyl (C=O) groups excluding carboxylic acids is 1. The fraction of sp³-hybridized carbons (Fsp3) is 0.562. The fourth-order valence-electron chi connectivity index (χ4n) is 2.19. The zero-order chi connectivity index (χ0) is 16.9. The van der Waals surface area contributed by atoms with Gasteiger partial charge in [-0.3, -0.25) is 0 Å². The topological polar surface area (TPSA) is 65.0 Å². The summed E-state index contributed by atoms with van der Waals surface area (Å²) in [4.78, 5) is 11.6. The van der Waals surface area contributed by atoms with Crippen LogP contribution in [0, 0.1) is 0 Å².